The third-order valence-corrected chi connectivity index (χ3v) is 11.5. The molecule has 196 valence electrons. The van der Waals surface area contributed by atoms with Gasteiger partial charge in [0.1, 0.15) is 11.7 Å². The Labute approximate surface area is 213 Å². The van der Waals surface area contributed by atoms with Crippen LogP contribution in [0.15, 0.2) is 34.9 Å². The van der Waals surface area contributed by atoms with Gasteiger partial charge in [-0.2, -0.15) is 0 Å². The summed E-state index contributed by atoms with van der Waals surface area (Å²) in [6.07, 6.45) is 10.9. The van der Waals surface area contributed by atoms with Crippen LogP contribution in [-0.2, 0) is 19.1 Å². The minimum absolute atomic E-state index is 0.0203. The molecule has 0 radical (unpaired) electrons. The van der Waals surface area contributed by atoms with E-state index in [1.54, 1.807) is 13.0 Å². The Morgan fingerprint density at radius 1 is 1.03 bits per heavy atom. The van der Waals surface area contributed by atoms with Crippen LogP contribution in [0.4, 0.5) is 0 Å². The predicted octanol–water partition coefficient (Wildman–Crippen LogP) is 4.40. The molecule has 2 saturated carbocycles. The summed E-state index contributed by atoms with van der Waals surface area (Å²) in [5, 5.41) is 22.4. The number of aliphatic hydroxyl groups excluding tert-OH is 1. The Kier molecular flexibility index (Phi) is 5.13. The van der Waals surface area contributed by atoms with E-state index in [1.165, 1.54) is 11.1 Å². The minimum Gasteiger partial charge on any atom is -0.460 e. The van der Waals surface area contributed by atoms with Gasteiger partial charge in [-0.25, -0.2) is 9.59 Å². The maximum Gasteiger partial charge on any atom is 0.338 e. The second-order valence-electron chi connectivity index (χ2n) is 13.6. The van der Waals surface area contributed by atoms with E-state index in [9.17, 15) is 19.8 Å². The lowest BCUT2D eigenvalue weighted by molar-refractivity contribution is -0.184. The average Bonchev–Trinajstić information content (AvgIpc) is 3.10. The maximum absolute atomic E-state index is 12.5. The number of aliphatic hydroxyl groups is 2. The van der Waals surface area contributed by atoms with Crippen molar-refractivity contribution in [2.75, 3.05) is 0 Å². The minimum atomic E-state index is -1.44. The summed E-state index contributed by atoms with van der Waals surface area (Å²) in [5.74, 6) is -0.694. The summed E-state index contributed by atoms with van der Waals surface area (Å²) >= 11 is 0. The van der Waals surface area contributed by atoms with Crippen LogP contribution >= 0.6 is 0 Å². The molecule has 0 amide bonds. The average molecular weight is 497 g/mol. The van der Waals surface area contributed by atoms with Crippen LogP contribution in [0, 0.1) is 34.5 Å². The van der Waals surface area contributed by atoms with Crippen molar-refractivity contribution in [3.63, 3.8) is 0 Å². The molecule has 6 nitrogen and oxygen atoms in total. The third-order valence-electron chi connectivity index (χ3n) is 11.5. The molecule has 2 bridgehead atoms. The zero-order chi connectivity index (χ0) is 25.8. The van der Waals surface area contributed by atoms with Crippen molar-refractivity contribution in [2.45, 2.75) is 103 Å². The lowest BCUT2D eigenvalue weighted by atomic mass is 9.52. The van der Waals surface area contributed by atoms with Gasteiger partial charge >= 0.3 is 11.9 Å². The molecule has 0 unspecified atom stereocenters. The van der Waals surface area contributed by atoms with Gasteiger partial charge in [0.25, 0.3) is 0 Å². The molecule has 2 heterocycles. The molecule has 6 aliphatic rings. The van der Waals surface area contributed by atoms with Crippen LogP contribution in [-0.4, -0.2) is 45.6 Å². The molecule has 0 spiro atoms. The zero-order valence-corrected chi connectivity index (χ0v) is 22.2. The van der Waals surface area contributed by atoms with Gasteiger partial charge in [-0.05, 0) is 93.6 Å². The molecule has 6 heteroatoms. The number of allylic oxidation sites excluding steroid dienone is 4. The molecule has 3 fully saturated rings. The van der Waals surface area contributed by atoms with E-state index in [-0.39, 0.29) is 46.6 Å². The quantitative estimate of drug-likeness (QED) is 0.523. The van der Waals surface area contributed by atoms with Crippen LogP contribution in [0.1, 0.15) is 79.6 Å². The highest BCUT2D eigenvalue weighted by molar-refractivity contribution is 5.83. The lowest BCUT2D eigenvalue weighted by Crippen LogP contribution is -2.49. The predicted molar refractivity (Wildman–Crippen MR) is 133 cm³/mol. The van der Waals surface area contributed by atoms with Crippen LogP contribution < -0.4 is 0 Å². The Balaban J connectivity index is 1.37. The van der Waals surface area contributed by atoms with Crippen molar-refractivity contribution in [2.24, 2.45) is 34.5 Å². The van der Waals surface area contributed by atoms with Gasteiger partial charge in [-0.3, -0.25) is 0 Å². The van der Waals surface area contributed by atoms with Crippen LogP contribution in [0.2, 0.25) is 0 Å². The fourth-order valence-corrected chi connectivity index (χ4v) is 9.36. The normalized spacial score (nSPS) is 49.2. The molecular formula is C30H40O6. The first-order valence-corrected chi connectivity index (χ1v) is 13.7. The molecule has 36 heavy (non-hydrogen) atoms. The maximum atomic E-state index is 12.5. The highest BCUT2D eigenvalue weighted by Gasteiger charge is 2.67. The summed E-state index contributed by atoms with van der Waals surface area (Å²) < 4.78 is 11.6. The molecule has 2 N–H and O–H groups in total. The van der Waals surface area contributed by atoms with E-state index >= 15 is 0 Å². The Morgan fingerprint density at radius 2 is 1.78 bits per heavy atom. The molecule has 6 rings (SSSR count). The second-order valence-corrected chi connectivity index (χ2v) is 13.6. The number of cyclic esters (lactones) is 1. The number of hydrogen-bond acceptors (Lipinski definition) is 6. The number of carbonyl (C=O) groups is 2. The molecule has 2 aliphatic heterocycles. The molecule has 1 saturated heterocycles. The van der Waals surface area contributed by atoms with Crippen molar-refractivity contribution in [1.29, 1.82) is 0 Å². The highest BCUT2D eigenvalue weighted by atomic mass is 16.6. The molecular weight excluding hydrogens is 456 g/mol. The van der Waals surface area contributed by atoms with E-state index < -0.39 is 23.3 Å². The van der Waals surface area contributed by atoms with Crippen molar-refractivity contribution in [1.82, 2.24) is 0 Å². The van der Waals surface area contributed by atoms with Crippen LogP contribution in [0.5, 0.6) is 0 Å². The smallest absolute Gasteiger partial charge is 0.338 e. The summed E-state index contributed by atoms with van der Waals surface area (Å²) in [7, 11) is 0. The fraction of sp³-hybridized carbons (Fsp3) is 0.733. The van der Waals surface area contributed by atoms with Crippen LogP contribution in [0.3, 0.4) is 0 Å². The molecule has 0 aromatic carbocycles. The number of esters is 2. The van der Waals surface area contributed by atoms with Gasteiger partial charge in [0, 0.05) is 23.8 Å². The van der Waals surface area contributed by atoms with Crippen molar-refractivity contribution < 1.29 is 29.3 Å². The first-order valence-electron chi connectivity index (χ1n) is 13.7. The SMILES string of the molecule is CC1(C)OC(=O)C=CC2=CC3=C(CC[C@H]21)[C@]1(C)C[C@@H](O)[C@H]([C@@H]2C[C@@H]4C[C@H]2OC(=O)[C@]4(C)O)[C@@]1(C)CC3. The summed E-state index contributed by atoms with van der Waals surface area (Å²) in [6.45, 7) is 10.3. The van der Waals surface area contributed by atoms with Gasteiger partial charge in [0.15, 0.2) is 5.60 Å². The Hall–Kier alpha value is -1.92. The van der Waals surface area contributed by atoms with E-state index in [0.717, 1.165) is 37.7 Å². The van der Waals surface area contributed by atoms with Gasteiger partial charge in [0.2, 0.25) is 0 Å². The second kappa shape index (κ2) is 7.57. The van der Waals surface area contributed by atoms with E-state index in [2.05, 4.69) is 19.9 Å². The van der Waals surface area contributed by atoms with Crippen molar-refractivity contribution >= 4 is 11.9 Å². The largest absolute Gasteiger partial charge is 0.460 e. The van der Waals surface area contributed by atoms with Gasteiger partial charge in [0.05, 0.1) is 6.10 Å². The van der Waals surface area contributed by atoms with Gasteiger partial charge in [-0.1, -0.05) is 31.6 Å². The Bertz CT molecular complexity index is 1110. The van der Waals surface area contributed by atoms with E-state index in [4.69, 9.17) is 9.47 Å². The zero-order valence-electron chi connectivity index (χ0n) is 22.2. The topological polar surface area (TPSA) is 93.1 Å². The lowest BCUT2D eigenvalue weighted by Gasteiger charge is -2.52. The summed E-state index contributed by atoms with van der Waals surface area (Å²) in [6, 6.07) is 0. The number of carbonyl (C=O) groups excluding carboxylic acids is 2. The first kappa shape index (κ1) is 24.4. The van der Waals surface area contributed by atoms with Crippen molar-refractivity contribution in [3.05, 3.63) is 34.9 Å². The molecule has 9 atom stereocenters. The fourth-order valence-electron chi connectivity index (χ4n) is 9.36. The molecule has 0 aromatic heterocycles. The highest BCUT2D eigenvalue weighted by Crippen LogP contribution is 2.70. The summed E-state index contributed by atoms with van der Waals surface area (Å²) in [5.41, 5.74) is 1.65. The van der Waals surface area contributed by atoms with Gasteiger partial charge in [-0.15, -0.1) is 0 Å². The number of rotatable bonds is 1. The molecule has 4 aliphatic carbocycles. The van der Waals surface area contributed by atoms with Gasteiger partial charge < -0.3 is 19.7 Å². The summed E-state index contributed by atoms with van der Waals surface area (Å²) in [4.78, 5) is 24.7. The standard InChI is InChI=1S/C30H40O6/c1-27(2)20-7-8-21-17(12-16(20)6-9-24(32)36-27)10-11-28(3)25(22(31)15-29(21,28)4)19-13-18-14-23(19)35-26(33)30(18,5)34/h6,9,12,18-20,22-23,25,31,34H,7-8,10-11,13-15H2,1-5H3/t18-,19-,20-,22-,23-,25+,28-,29+,30-/m1/s1. The third kappa shape index (κ3) is 3.16. The number of hydrogen-bond donors (Lipinski definition) is 2. The number of fused-ring (bicyclic) bond motifs is 5. The molecule has 0 aromatic rings. The van der Waals surface area contributed by atoms with E-state index in [1.807, 2.05) is 19.9 Å². The Morgan fingerprint density at radius 3 is 2.53 bits per heavy atom. The first-order chi connectivity index (χ1) is 16.8. The van der Waals surface area contributed by atoms with E-state index in [0.29, 0.717) is 12.8 Å². The van der Waals surface area contributed by atoms with Crippen molar-refractivity contribution in [3.8, 4) is 0 Å². The monoisotopic (exact) mass is 496 g/mol. The van der Waals surface area contributed by atoms with Crippen LogP contribution in [0.25, 0.3) is 0 Å². The number of ether oxygens (including phenoxy) is 2.